The number of anilines is 2. The maximum absolute atomic E-state index is 13.2. The van der Waals surface area contributed by atoms with Crippen LogP contribution in [-0.4, -0.2) is 18.6 Å². The Morgan fingerprint density at radius 1 is 1.43 bits per heavy atom. The summed E-state index contributed by atoms with van der Waals surface area (Å²) in [4.78, 5) is 0. The van der Waals surface area contributed by atoms with E-state index in [0.717, 1.165) is 11.8 Å². The number of nitrogen functional groups attached to an aromatic ring is 1. The van der Waals surface area contributed by atoms with Crippen LogP contribution in [0, 0.1) is 11.6 Å². The van der Waals surface area contributed by atoms with Crippen molar-refractivity contribution in [1.82, 2.24) is 0 Å². The summed E-state index contributed by atoms with van der Waals surface area (Å²) in [5.74, 6) is -0.980. The number of hydrogen-bond donors (Lipinski definition) is 2. The Morgan fingerprint density at radius 3 is 2.79 bits per heavy atom. The fourth-order valence-electron chi connectivity index (χ4n) is 1.02. The first-order chi connectivity index (χ1) is 6.66. The Kier molecular flexibility index (Phi) is 4.00. The predicted octanol–water partition coefficient (Wildman–Crippen LogP) is 2.32. The van der Waals surface area contributed by atoms with Crippen LogP contribution < -0.4 is 11.1 Å². The topological polar surface area (TPSA) is 38.0 Å². The van der Waals surface area contributed by atoms with Crippen LogP contribution >= 0.6 is 11.8 Å². The first-order valence-electron chi connectivity index (χ1n) is 4.13. The zero-order chi connectivity index (χ0) is 10.6. The highest BCUT2D eigenvalue weighted by Gasteiger charge is 2.10. The van der Waals surface area contributed by atoms with Gasteiger partial charge < -0.3 is 11.1 Å². The van der Waals surface area contributed by atoms with Crippen molar-refractivity contribution < 1.29 is 8.78 Å². The van der Waals surface area contributed by atoms with Crippen molar-refractivity contribution in [3.05, 3.63) is 23.8 Å². The molecule has 14 heavy (non-hydrogen) atoms. The highest BCUT2D eigenvalue weighted by molar-refractivity contribution is 7.98. The SMILES string of the molecule is CSCCNc1c(N)ccc(F)c1F. The molecule has 78 valence electrons. The van der Waals surface area contributed by atoms with E-state index in [1.165, 1.54) is 6.07 Å². The van der Waals surface area contributed by atoms with Gasteiger partial charge in [-0.1, -0.05) is 0 Å². The van der Waals surface area contributed by atoms with Crippen LogP contribution in [0.25, 0.3) is 0 Å². The number of hydrogen-bond acceptors (Lipinski definition) is 3. The summed E-state index contributed by atoms with van der Waals surface area (Å²) in [5.41, 5.74) is 5.78. The molecule has 0 aliphatic rings. The average Bonchev–Trinajstić information content (AvgIpc) is 2.18. The fraction of sp³-hybridized carbons (Fsp3) is 0.333. The van der Waals surface area contributed by atoms with Crippen LogP contribution in [-0.2, 0) is 0 Å². The second-order valence-corrected chi connectivity index (χ2v) is 3.73. The Morgan fingerprint density at radius 2 is 2.14 bits per heavy atom. The molecule has 5 heteroatoms. The van der Waals surface area contributed by atoms with Crippen LogP contribution in [0.15, 0.2) is 12.1 Å². The molecule has 1 aromatic carbocycles. The first-order valence-corrected chi connectivity index (χ1v) is 5.52. The summed E-state index contributed by atoms with van der Waals surface area (Å²) in [6.07, 6.45) is 1.94. The average molecular weight is 218 g/mol. The van der Waals surface area contributed by atoms with E-state index >= 15 is 0 Å². The molecular formula is C9H12F2N2S. The van der Waals surface area contributed by atoms with E-state index in [1.54, 1.807) is 11.8 Å². The highest BCUT2D eigenvalue weighted by Crippen LogP contribution is 2.24. The van der Waals surface area contributed by atoms with E-state index in [9.17, 15) is 8.78 Å². The molecule has 0 unspecified atom stereocenters. The van der Waals surface area contributed by atoms with Crippen molar-refractivity contribution in [1.29, 1.82) is 0 Å². The molecule has 0 heterocycles. The van der Waals surface area contributed by atoms with Crippen molar-refractivity contribution in [2.24, 2.45) is 0 Å². The molecule has 0 bridgehead atoms. The third kappa shape index (κ3) is 2.51. The fourth-order valence-corrected chi connectivity index (χ4v) is 1.33. The zero-order valence-electron chi connectivity index (χ0n) is 7.81. The van der Waals surface area contributed by atoms with Gasteiger partial charge in [0.05, 0.1) is 11.4 Å². The minimum Gasteiger partial charge on any atom is -0.397 e. The molecular weight excluding hydrogens is 206 g/mol. The second-order valence-electron chi connectivity index (χ2n) is 2.75. The second kappa shape index (κ2) is 5.05. The van der Waals surface area contributed by atoms with Gasteiger partial charge in [-0.3, -0.25) is 0 Å². The van der Waals surface area contributed by atoms with E-state index in [0.29, 0.717) is 6.54 Å². The van der Waals surface area contributed by atoms with Gasteiger partial charge in [0.2, 0.25) is 0 Å². The largest absolute Gasteiger partial charge is 0.397 e. The Hall–Kier alpha value is -0.970. The summed E-state index contributed by atoms with van der Waals surface area (Å²) in [6.45, 7) is 0.561. The summed E-state index contributed by atoms with van der Waals surface area (Å²) in [5, 5.41) is 2.76. The minimum atomic E-state index is -0.911. The highest BCUT2D eigenvalue weighted by atomic mass is 32.2. The standard InChI is InChI=1S/C9H12F2N2S/c1-14-5-4-13-9-7(12)3-2-6(10)8(9)11/h2-3,13H,4-5,12H2,1H3. The van der Waals surface area contributed by atoms with Crippen molar-refractivity contribution >= 4 is 23.1 Å². The van der Waals surface area contributed by atoms with Gasteiger partial charge in [0.1, 0.15) is 0 Å². The molecule has 0 saturated heterocycles. The molecule has 0 aromatic heterocycles. The van der Waals surface area contributed by atoms with Gasteiger partial charge in [0, 0.05) is 12.3 Å². The molecule has 0 saturated carbocycles. The van der Waals surface area contributed by atoms with Gasteiger partial charge in [-0.25, -0.2) is 8.78 Å². The van der Waals surface area contributed by atoms with E-state index in [1.807, 2.05) is 6.26 Å². The molecule has 0 radical (unpaired) electrons. The smallest absolute Gasteiger partial charge is 0.183 e. The lowest BCUT2D eigenvalue weighted by Crippen LogP contribution is -2.09. The van der Waals surface area contributed by atoms with Gasteiger partial charge >= 0.3 is 0 Å². The predicted molar refractivity (Wildman–Crippen MR) is 57.6 cm³/mol. The van der Waals surface area contributed by atoms with Gasteiger partial charge in [-0.15, -0.1) is 0 Å². The van der Waals surface area contributed by atoms with Crippen molar-refractivity contribution in [3.63, 3.8) is 0 Å². The zero-order valence-corrected chi connectivity index (χ0v) is 8.63. The number of benzene rings is 1. The molecule has 1 rings (SSSR count). The normalized spacial score (nSPS) is 10.2. The molecule has 0 aliphatic heterocycles. The van der Waals surface area contributed by atoms with E-state index in [4.69, 9.17) is 5.73 Å². The lowest BCUT2D eigenvalue weighted by atomic mass is 10.2. The monoisotopic (exact) mass is 218 g/mol. The Labute approximate surface area is 85.9 Å². The molecule has 3 N–H and O–H groups in total. The molecule has 0 aliphatic carbocycles. The minimum absolute atomic E-state index is 0.0547. The maximum Gasteiger partial charge on any atom is 0.183 e. The van der Waals surface area contributed by atoms with E-state index < -0.39 is 11.6 Å². The lowest BCUT2D eigenvalue weighted by molar-refractivity contribution is 0.511. The molecule has 2 nitrogen and oxygen atoms in total. The van der Waals surface area contributed by atoms with E-state index in [-0.39, 0.29) is 11.4 Å². The number of halogens is 2. The van der Waals surface area contributed by atoms with E-state index in [2.05, 4.69) is 5.32 Å². The summed E-state index contributed by atoms with van der Waals surface area (Å²) >= 11 is 1.62. The molecule has 0 fully saturated rings. The Balaban J connectivity index is 2.79. The summed E-state index contributed by atoms with van der Waals surface area (Å²) < 4.78 is 26.0. The van der Waals surface area contributed by atoms with Crippen LogP contribution in [0.1, 0.15) is 0 Å². The molecule has 0 amide bonds. The van der Waals surface area contributed by atoms with Crippen LogP contribution in [0.5, 0.6) is 0 Å². The maximum atomic E-state index is 13.2. The third-order valence-electron chi connectivity index (χ3n) is 1.74. The van der Waals surface area contributed by atoms with Gasteiger partial charge in [0.15, 0.2) is 11.6 Å². The van der Waals surface area contributed by atoms with Crippen LogP contribution in [0.4, 0.5) is 20.2 Å². The number of rotatable bonds is 4. The van der Waals surface area contributed by atoms with Crippen molar-refractivity contribution in [2.75, 3.05) is 29.6 Å². The van der Waals surface area contributed by atoms with Crippen LogP contribution in [0.3, 0.4) is 0 Å². The quantitative estimate of drug-likeness (QED) is 0.601. The first kappa shape index (κ1) is 11.1. The lowest BCUT2D eigenvalue weighted by Gasteiger charge is -2.09. The molecule has 0 atom stereocenters. The van der Waals surface area contributed by atoms with Crippen molar-refractivity contribution in [3.8, 4) is 0 Å². The van der Waals surface area contributed by atoms with Gasteiger partial charge in [-0.05, 0) is 18.4 Å². The van der Waals surface area contributed by atoms with Gasteiger partial charge in [-0.2, -0.15) is 11.8 Å². The molecule has 0 spiro atoms. The number of nitrogens with two attached hydrogens (primary N) is 1. The summed E-state index contributed by atoms with van der Waals surface area (Å²) in [6, 6.07) is 2.37. The molecule has 1 aromatic rings. The van der Waals surface area contributed by atoms with Crippen molar-refractivity contribution in [2.45, 2.75) is 0 Å². The number of thioether (sulfide) groups is 1. The third-order valence-corrected chi connectivity index (χ3v) is 2.35. The van der Waals surface area contributed by atoms with Gasteiger partial charge in [0.25, 0.3) is 0 Å². The summed E-state index contributed by atoms with van der Waals surface area (Å²) in [7, 11) is 0. The van der Waals surface area contributed by atoms with Crippen LogP contribution in [0.2, 0.25) is 0 Å². The number of nitrogens with one attached hydrogen (secondary N) is 1. The Bertz CT molecular complexity index is 318.